The Morgan fingerprint density at radius 1 is 1.33 bits per heavy atom. The maximum absolute atomic E-state index is 10.5. The molecular formula is C8H8ClN3O3. The molecule has 0 saturated carbocycles. The van der Waals surface area contributed by atoms with Crippen molar-refractivity contribution in [2.75, 3.05) is 0 Å². The lowest BCUT2D eigenvalue weighted by atomic mass is 10.3. The minimum absolute atomic E-state index is 0.0671. The molecule has 1 aromatic carbocycles. The summed E-state index contributed by atoms with van der Waals surface area (Å²) in [5.41, 5.74) is 0.106. The first kappa shape index (κ1) is 11.4. The van der Waals surface area contributed by atoms with Gasteiger partial charge in [-0.1, -0.05) is 25.4 Å². The van der Waals surface area contributed by atoms with Crippen LogP contribution in [0.15, 0.2) is 16.8 Å². The molecule has 1 aromatic heterocycles. The second-order valence-electron chi connectivity index (χ2n) is 2.29. The van der Waals surface area contributed by atoms with Crippen LogP contribution in [0.2, 0.25) is 5.02 Å². The molecule has 0 fully saturated rings. The van der Waals surface area contributed by atoms with E-state index in [0.29, 0.717) is 0 Å². The lowest BCUT2D eigenvalue weighted by molar-refractivity contribution is -0.383. The summed E-state index contributed by atoms with van der Waals surface area (Å²) < 4.78 is 4.35. The van der Waals surface area contributed by atoms with Crippen LogP contribution in [-0.4, -0.2) is 15.2 Å². The highest BCUT2D eigenvalue weighted by molar-refractivity contribution is 6.35. The van der Waals surface area contributed by atoms with Crippen LogP contribution in [0, 0.1) is 10.1 Å². The van der Waals surface area contributed by atoms with Crippen molar-refractivity contribution in [3.63, 3.8) is 0 Å². The molecule has 0 N–H and O–H groups in total. The SMILES string of the molecule is CC.O=[N+]([O-])c1ccc(Cl)c2nonc12. The van der Waals surface area contributed by atoms with Crippen molar-refractivity contribution in [2.24, 2.45) is 0 Å². The Morgan fingerprint density at radius 3 is 2.53 bits per heavy atom. The first-order valence-corrected chi connectivity index (χ1v) is 4.63. The standard InChI is InChI=1S/C6H2ClN3O3.C2H6/c7-3-1-2-4(10(11)12)6-5(3)8-13-9-6;1-2/h1-2H;1-2H3. The molecule has 0 saturated heterocycles. The summed E-state index contributed by atoms with van der Waals surface area (Å²) in [7, 11) is 0. The summed E-state index contributed by atoms with van der Waals surface area (Å²) in [5, 5.41) is 17.6. The largest absolute Gasteiger partial charge is 0.300 e. The first-order valence-electron chi connectivity index (χ1n) is 4.25. The Labute approximate surface area is 89.9 Å². The lowest BCUT2D eigenvalue weighted by Crippen LogP contribution is -1.89. The van der Waals surface area contributed by atoms with E-state index >= 15 is 0 Å². The van der Waals surface area contributed by atoms with E-state index in [1.165, 1.54) is 12.1 Å². The van der Waals surface area contributed by atoms with E-state index < -0.39 is 4.92 Å². The predicted octanol–water partition coefficient (Wildman–Crippen LogP) is 2.81. The van der Waals surface area contributed by atoms with Crippen molar-refractivity contribution in [3.05, 3.63) is 27.3 Å². The monoisotopic (exact) mass is 229 g/mol. The van der Waals surface area contributed by atoms with Gasteiger partial charge in [0.2, 0.25) is 5.52 Å². The molecule has 0 spiro atoms. The van der Waals surface area contributed by atoms with E-state index in [1.807, 2.05) is 13.8 Å². The fourth-order valence-electron chi connectivity index (χ4n) is 0.971. The Bertz CT molecular complexity index is 483. The second kappa shape index (κ2) is 4.70. The third-order valence-corrected chi connectivity index (χ3v) is 1.85. The highest BCUT2D eigenvalue weighted by Crippen LogP contribution is 2.27. The molecular weight excluding hydrogens is 222 g/mol. The van der Waals surface area contributed by atoms with Gasteiger partial charge in [0.05, 0.1) is 9.95 Å². The van der Waals surface area contributed by atoms with Crippen LogP contribution in [-0.2, 0) is 0 Å². The number of nitrogens with zero attached hydrogens (tertiary/aromatic N) is 3. The molecule has 2 aromatic rings. The summed E-state index contributed by atoms with van der Waals surface area (Å²) >= 11 is 5.69. The zero-order valence-corrected chi connectivity index (χ0v) is 8.85. The van der Waals surface area contributed by atoms with Gasteiger partial charge in [0, 0.05) is 6.07 Å². The van der Waals surface area contributed by atoms with Gasteiger partial charge >= 0.3 is 5.69 Å². The van der Waals surface area contributed by atoms with E-state index in [1.54, 1.807) is 0 Å². The van der Waals surface area contributed by atoms with Crippen LogP contribution in [0.5, 0.6) is 0 Å². The van der Waals surface area contributed by atoms with Crippen LogP contribution < -0.4 is 0 Å². The van der Waals surface area contributed by atoms with Gasteiger partial charge < -0.3 is 0 Å². The number of aromatic nitrogens is 2. The summed E-state index contributed by atoms with van der Waals surface area (Å²) in [6.07, 6.45) is 0. The molecule has 0 aliphatic rings. The zero-order chi connectivity index (χ0) is 11.4. The van der Waals surface area contributed by atoms with E-state index in [9.17, 15) is 10.1 Å². The number of benzene rings is 1. The molecule has 0 radical (unpaired) electrons. The minimum atomic E-state index is -0.567. The summed E-state index contributed by atoms with van der Waals surface area (Å²) in [6.45, 7) is 4.00. The van der Waals surface area contributed by atoms with Crippen molar-refractivity contribution < 1.29 is 9.55 Å². The number of hydrogen-bond acceptors (Lipinski definition) is 5. The van der Waals surface area contributed by atoms with Crippen LogP contribution in [0.3, 0.4) is 0 Å². The third-order valence-electron chi connectivity index (χ3n) is 1.54. The van der Waals surface area contributed by atoms with E-state index in [2.05, 4.69) is 14.9 Å². The second-order valence-corrected chi connectivity index (χ2v) is 2.69. The Balaban J connectivity index is 0.000000531. The highest BCUT2D eigenvalue weighted by atomic mass is 35.5. The van der Waals surface area contributed by atoms with Crippen molar-refractivity contribution in [3.8, 4) is 0 Å². The van der Waals surface area contributed by atoms with Gasteiger partial charge in [-0.25, -0.2) is 4.63 Å². The summed E-state index contributed by atoms with van der Waals surface area (Å²) in [5.74, 6) is 0. The maximum atomic E-state index is 10.5. The molecule has 6 nitrogen and oxygen atoms in total. The highest BCUT2D eigenvalue weighted by Gasteiger charge is 2.18. The Hall–Kier alpha value is -1.69. The molecule has 15 heavy (non-hydrogen) atoms. The molecule has 7 heteroatoms. The van der Waals surface area contributed by atoms with Crippen LogP contribution in [0.1, 0.15) is 13.8 Å². The van der Waals surface area contributed by atoms with E-state index in [4.69, 9.17) is 11.6 Å². The Kier molecular flexibility index (Phi) is 3.56. The summed E-state index contributed by atoms with van der Waals surface area (Å²) in [4.78, 5) is 9.91. The number of hydrogen-bond donors (Lipinski definition) is 0. The third kappa shape index (κ3) is 2.04. The van der Waals surface area contributed by atoms with Gasteiger partial charge in [0.1, 0.15) is 0 Å². The minimum Gasteiger partial charge on any atom is -0.258 e. The fourth-order valence-corrected chi connectivity index (χ4v) is 1.16. The number of halogens is 1. The van der Waals surface area contributed by atoms with Gasteiger partial charge in [-0.3, -0.25) is 10.1 Å². The van der Waals surface area contributed by atoms with Crippen molar-refractivity contribution in [2.45, 2.75) is 13.8 Å². The van der Waals surface area contributed by atoms with Gasteiger partial charge in [-0.15, -0.1) is 0 Å². The topological polar surface area (TPSA) is 82.1 Å². The van der Waals surface area contributed by atoms with Crippen molar-refractivity contribution >= 4 is 28.3 Å². The first-order chi connectivity index (χ1) is 7.20. The van der Waals surface area contributed by atoms with E-state index in [0.717, 1.165) is 0 Å². The smallest absolute Gasteiger partial charge is 0.258 e. The van der Waals surface area contributed by atoms with Crippen molar-refractivity contribution in [1.29, 1.82) is 0 Å². The number of rotatable bonds is 1. The average Bonchev–Trinajstić information content (AvgIpc) is 2.70. The van der Waals surface area contributed by atoms with Gasteiger partial charge in [0.15, 0.2) is 5.52 Å². The molecule has 0 aliphatic carbocycles. The molecule has 0 amide bonds. The molecule has 0 atom stereocenters. The zero-order valence-electron chi connectivity index (χ0n) is 8.10. The molecule has 0 unspecified atom stereocenters. The Morgan fingerprint density at radius 2 is 1.93 bits per heavy atom. The molecule has 2 rings (SSSR count). The number of nitro groups is 1. The van der Waals surface area contributed by atoms with Gasteiger partial charge in [-0.2, -0.15) is 0 Å². The van der Waals surface area contributed by atoms with E-state index in [-0.39, 0.29) is 21.7 Å². The number of fused-ring (bicyclic) bond motifs is 1. The quantitative estimate of drug-likeness (QED) is 0.555. The molecule has 0 aliphatic heterocycles. The molecule has 80 valence electrons. The predicted molar refractivity (Wildman–Crippen MR) is 54.8 cm³/mol. The van der Waals surface area contributed by atoms with Crippen LogP contribution in [0.25, 0.3) is 11.0 Å². The molecule has 0 bridgehead atoms. The lowest BCUT2D eigenvalue weighted by Gasteiger charge is -1.90. The number of nitro benzene ring substituents is 1. The van der Waals surface area contributed by atoms with Crippen molar-refractivity contribution in [1.82, 2.24) is 10.3 Å². The summed E-state index contributed by atoms with van der Waals surface area (Å²) in [6, 6.07) is 2.64. The number of non-ortho nitro benzene ring substituents is 1. The molecule has 1 heterocycles. The van der Waals surface area contributed by atoms with Crippen LogP contribution in [0.4, 0.5) is 5.69 Å². The normalized spacial score (nSPS) is 9.53. The van der Waals surface area contributed by atoms with Gasteiger partial charge in [0.25, 0.3) is 0 Å². The van der Waals surface area contributed by atoms with Gasteiger partial charge in [-0.05, 0) is 16.4 Å². The fraction of sp³-hybridized carbons (Fsp3) is 0.250. The maximum Gasteiger partial charge on any atom is 0.300 e. The average molecular weight is 230 g/mol. The van der Waals surface area contributed by atoms with Crippen LogP contribution >= 0.6 is 11.6 Å².